The van der Waals surface area contributed by atoms with Gasteiger partial charge in [-0.25, -0.2) is 53.2 Å². The monoisotopic (exact) mass is 1790 g/mol. The Bertz CT molecular complexity index is 7450. The number of carbonyl (C=O) groups excluding carboxylic acids is 4. The van der Waals surface area contributed by atoms with Crippen LogP contribution in [-0.2, 0) is 39.8 Å². The van der Waals surface area contributed by atoms with Crippen LogP contribution in [0, 0.1) is 25.5 Å². The first-order chi connectivity index (χ1) is 64.0. The van der Waals surface area contributed by atoms with Gasteiger partial charge in [0.15, 0.2) is 11.4 Å². The molecular weight excluding hydrogens is 1710 g/mol. The summed E-state index contributed by atoms with van der Waals surface area (Å²) in [6.07, 6.45) is 20.9. The molecule has 34 heteroatoms. The Kier molecular flexibility index (Phi) is 23.5. The van der Waals surface area contributed by atoms with Crippen LogP contribution in [-0.4, -0.2) is 155 Å². The third-order valence-electron chi connectivity index (χ3n) is 22.8. The fourth-order valence-corrected chi connectivity index (χ4v) is 17.3. The molecule has 2 aliphatic rings. The Morgan fingerprint density at radius 1 is 0.455 bits per heavy atom. The number of fused-ring (bicyclic) bond motifs is 4. The van der Waals surface area contributed by atoms with E-state index in [1.54, 1.807) is 73.6 Å². The van der Waals surface area contributed by atoms with Crippen molar-refractivity contribution >= 4 is 77.9 Å². The molecule has 6 aromatic carbocycles. The molecule has 2 aliphatic carbocycles. The van der Waals surface area contributed by atoms with E-state index in [9.17, 15) is 28.0 Å². The highest BCUT2D eigenvalue weighted by atomic mass is 32.1. The summed E-state index contributed by atoms with van der Waals surface area (Å²) in [5.74, 6) is 1.49. The van der Waals surface area contributed by atoms with Gasteiger partial charge in [0.05, 0.1) is 95.8 Å². The van der Waals surface area contributed by atoms with E-state index in [0.29, 0.717) is 78.1 Å². The predicted octanol–water partition coefficient (Wildman–Crippen LogP) is 18.1. The van der Waals surface area contributed by atoms with Crippen molar-refractivity contribution in [1.29, 1.82) is 0 Å². The zero-order valence-corrected chi connectivity index (χ0v) is 74.5. The Morgan fingerprint density at radius 3 is 1.40 bits per heavy atom. The smallest absolute Gasteiger partial charge is 0.269 e. The highest BCUT2D eigenvalue weighted by molar-refractivity contribution is 7.17. The second-order valence-electron chi connectivity index (χ2n) is 33.0. The van der Waals surface area contributed by atoms with Gasteiger partial charge >= 0.3 is 0 Å². The van der Waals surface area contributed by atoms with Gasteiger partial charge in [-0.3, -0.25) is 42.3 Å². The number of primary amides is 2. The molecule has 8 N–H and O–H groups in total. The second-order valence-corrected chi connectivity index (χ2v) is 34.8. The van der Waals surface area contributed by atoms with Crippen molar-refractivity contribution in [1.82, 2.24) is 118 Å². The number of pyridine rings is 1. The number of amides is 3. The SMILES string of the molecule is CCCC(=O)c1ccc(-c2nc(-c3ccc4ncsc4c3)c(-c3ccn(C)n3)[nH]2)cc1.CN(C)C(=O)c1ccc(-c2nc(-c3ccc4ncsc4c3)c(-c3ccn(C)n3)[nH]2)cc1.Cc1cc(F)cc(CCc2nc(-c3ccc4ncc(C(N)=O)n4c3)c(-c3ccn(C4CC4)n3)[nH]2)c1.Cc1cc(F)cc(CCc2nc(-c3ccc4ncc(C(N)=O)n4n3)c(-c3ccn(C4CC4)n3)[nH]2)c1. The van der Waals surface area contributed by atoms with Crippen LogP contribution in [0.2, 0.25) is 0 Å². The molecule has 0 unspecified atom stereocenters. The van der Waals surface area contributed by atoms with E-state index in [1.165, 1.54) is 29.0 Å². The number of hydrogen-bond acceptors (Lipinski definition) is 19. The van der Waals surface area contributed by atoms with Gasteiger partial charge < -0.3 is 36.3 Å². The van der Waals surface area contributed by atoms with Crippen LogP contribution in [0.25, 0.3) is 145 Å². The predicted molar refractivity (Wildman–Crippen MR) is 503 cm³/mol. The molecule has 20 aromatic rings. The minimum atomic E-state index is -0.612. The molecule has 0 atom stereocenters. The number of ketones is 1. The Labute approximate surface area is 761 Å². The van der Waals surface area contributed by atoms with Gasteiger partial charge in [0.2, 0.25) is 0 Å². The lowest BCUT2D eigenvalue weighted by atomic mass is 10.0. The standard InChI is InChI=1S/C26H24FN7O.C25H23FN8O.C24H21N5OS.C23H20N6OS/c1-15-10-16(12-18(27)11-15)2-6-22-30-24(25(31-22)20-8-9-34(32-20)19-4-5-19)17-3-7-23-29-13-21(26(28)35)33(23)14-17;1-14-10-15(12-16(26)11-14)2-6-21-29-23(24(30-21)19-8-9-33(31-19)17-3-4-17)18-5-7-22-28-13-20(25(27)35)34(22)32-18;1-3-4-20(30)15-5-7-16(8-6-15)24-26-22(23(27-24)19-11-12-29(2)28-19)17-9-10-18-21(13-17)31-14-25-18;1-28(2)23(30)15-6-4-14(5-7-15)22-25-20(21(26-22)18-10-11-29(3)27-18)16-8-9-17-19(12-16)31-13-24-17/h3,7-14,19H,2,4-6H2,1H3,(H2,28,35)(H,30,31);5,7-13,17H,2-4,6H2,1H3,(H2,27,35)(H,29,30);5-14H,3-4H2,1-2H3,(H,26,27);4-13H,1-3H3,(H,25,26). The van der Waals surface area contributed by atoms with E-state index in [-0.39, 0.29) is 29.0 Å². The molecule has 3 amide bonds. The normalized spacial score (nSPS) is 12.5. The fraction of sp³-hybridized carbons (Fsp3) is 0.194. The lowest BCUT2D eigenvalue weighted by Crippen LogP contribution is -2.21. The van der Waals surface area contributed by atoms with Crippen molar-refractivity contribution in [2.75, 3.05) is 14.1 Å². The Hall–Kier alpha value is -16.0. The third-order valence-corrected chi connectivity index (χ3v) is 24.4. The topological polar surface area (TPSA) is 383 Å². The van der Waals surface area contributed by atoms with Crippen molar-refractivity contribution in [3.8, 4) is 113 Å². The Balaban J connectivity index is 0.000000114. The summed E-state index contributed by atoms with van der Waals surface area (Å²) in [6.45, 7) is 5.78. The van der Waals surface area contributed by atoms with E-state index in [4.69, 9.17) is 41.6 Å². The molecule has 14 aromatic heterocycles. The highest BCUT2D eigenvalue weighted by Crippen LogP contribution is 2.41. The number of aryl methyl sites for hydroxylation is 8. The summed E-state index contributed by atoms with van der Waals surface area (Å²) >= 11 is 3.22. The van der Waals surface area contributed by atoms with Crippen LogP contribution in [0.15, 0.2) is 224 Å². The summed E-state index contributed by atoms with van der Waals surface area (Å²) in [5.41, 5.74) is 38.0. The fourth-order valence-electron chi connectivity index (χ4n) is 15.9. The van der Waals surface area contributed by atoms with Crippen molar-refractivity contribution < 1.29 is 28.0 Å². The summed E-state index contributed by atoms with van der Waals surface area (Å²) < 4.78 is 40.6. The maximum absolute atomic E-state index is 13.9. The van der Waals surface area contributed by atoms with E-state index >= 15 is 0 Å². The number of nitrogens with one attached hydrogen (secondary N) is 4. The number of Topliss-reactive ketones (excluding diaryl/α,β-unsaturated/α-hetero) is 1. The van der Waals surface area contributed by atoms with E-state index in [0.717, 1.165) is 194 Å². The van der Waals surface area contributed by atoms with Crippen LogP contribution in [0.1, 0.15) is 133 Å². The van der Waals surface area contributed by atoms with E-state index in [1.807, 2.05) is 214 Å². The second kappa shape index (κ2) is 36.3. The number of carbonyl (C=O) groups is 4. The van der Waals surface area contributed by atoms with Crippen molar-refractivity contribution in [2.45, 2.75) is 97.1 Å². The maximum atomic E-state index is 13.9. The number of imidazole rings is 6. The number of benzene rings is 6. The summed E-state index contributed by atoms with van der Waals surface area (Å²) in [4.78, 5) is 100. The lowest BCUT2D eigenvalue weighted by Gasteiger charge is -2.10. The Morgan fingerprint density at radius 2 is 0.909 bits per heavy atom. The number of aromatic nitrogens is 23. The summed E-state index contributed by atoms with van der Waals surface area (Å²) in [5, 5.41) is 23.3. The number of nitrogens with two attached hydrogens (primary N) is 2. The first-order valence-electron chi connectivity index (χ1n) is 43.1. The lowest BCUT2D eigenvalue weighted by molar-refractivity contribution is 0.0826. The van der Waals surface area contributed by atoms with Crippen LogP contribution < -0.4 is 11.5 Å². The van der Waals surface area contributed by atoms with Crippen LogP contribution in [0.4, 0.5) is 8.78 Å². The molecule has 2 fully saturated rings. The number of H-pyrrole nitrogens is 4. The molecule has 22 rings (SSSR count). The summed E-state index contributed by atoms with van der Waals surface area (Å²) in [6, 6.07) is 53.7. The highest BCUT2D eigenvalue weighted by Gasteiger charge is 2.30. The average molecular weight is 1800 g/mol. The van der Waals surface area contributed by atoms with Gasteiger partial charge in [0, 0.05) is 117 Å². The number of rotatable bonds is 24. The molecule has 0 bridgehead atoms. The molecule has 132 heavy (non-hydrogen) atoms. The molecule has 0 radical (unpaired) electrons. The van der Waals surface area contributed by atoms with Crippen LogP contribution in [0.3, 0.4) is 0 Å². The number of aromatic amines is 4. The maximum Gasteiger partial charge on any atom is 0.269 e. The zero-order valence-electron chi connectivity index (χ0n) is 72.9. The van der Waals surface area contributed by atoms with Crippen LogP contribution in [0.5, 0.6) is 0 Å². The van der Waals surface area contributed by atoms with Gasteiger partial charge in [-0.15, -0.1) is 22.7 Å². The minimum absolute atomic E-state index is 0.0290. The van der Waals surface area contributed by atoms with Gasteiger partial charge in [-0.05, 0) is 190 Å². The van der Waals surface area contributed by atoms with Crippen molar-refractivity contribution in [3.05, 3.63) is 292 Å². The molecular formula is C98H88F2N26O4S2. The molecule has 30 nitrogen and oxygen atoms in total. The first-order valence-corrected chi connectivity index (χ1v) is 44.8. The molecule has 0 spiro atoms. The molecule has 0 aliphatic heterocycles. The zero-order chi connectivity index (χ0) is 91.1. The number of hydrogen-bond donors (Lipinski definition) is 6. The number of halogens is 2. The van der Waals surface area contributed by atoms with Crippen LogP contribution >= 0.6 is 22.7 Å². The van der Waals surface area contributed by atoms with Crippen molar-refractivity contribution in [2.24, 2.45) is 25.6 Å². The van der Waals surface area contributed by atoms with Crippen molar-refractivity contribution in [3.63, 3.8) is 0 Å². The van der Waals surface area contributed by atoms with Gasteiger partial charge in [0.25, 0.3) is 17.7 Å². The van der Waals surface area contributed by atoms with E-state index < -0.39 is 11.8 Å². The number of nitrogens with zero attached hydrogens (tertiary/aromatic N) is 20. The third kappa shape index (κ3) is 18.4. The minimum Gasteiger partial charge on any atom is -0.364 e. The summed E-state index contributed by atoms with van der Waals surface area (Å²) in [7, 11) is 7.28. The quantitative estimate of drug-likeness (QED) is 0.0306. The van der Waals surface area contributed by atoms with Gasteiger partial charge in [-0.2, -0.15) is 25.5 Å². The average Bonchev–Trinajstić information content (AvgIpc) is 1.60. The molecule has 2 saturated carbocycles. The van der Waals surface area contributed by atoms with E-state index in [2.05, 4.69) is 67.3 Å². The first kappa shape index (κ1) is 85.5. The van der Waals surface area contributed by atoms with Gasteiger partial charge in [-0.1, -0.05) is 67.6 Å². The molecule has 0 saturated heterocycles. The number of thiazole rings is 2. The molecule has 660 valence electrons. The van der Waals surface area contributed by atoms with Gasteiger partial charge in [0.1, 0.15) is 86.1 Å². The largest absolute Gasteiger partial charge is 0.364 e. The molecule has 14 heterocycles.